The van der Waals surface area contributed by atoms with Crippen molar-refractivity contribution in [1.82, 2.24) is 0 Å². The second-order valence-corrected chi connectivity index (χ2v) is 5.54. The van der Waals surface area contributed by atoms with Crippen molar-refractivity contribution in [2.45, 2.75) is 52.2 Å². The molecule has 1 saturated heterocycles. The molecule has 0 aromatic heterocycles. The molecule has 1 aromatic rings. The van der Waals surface area contributed by atoms with E-state index in [9.17, 15) is 0 Å². The SMILES string of the molecule is CCC1OC1CCc1cc(C)c(C)cc1Br. The molecule has 0 radical (unpaired) electrons. The third kappa shape index (κ3) is 2.67. The molecule has 0 saturated carbocycles. The molecule has 1 aromatic carbocycles. The van der Waals surface area contributed by atoms with Gasteiger partial charge in [0.2, 0.25) is 0 Å². The summed E-state index contributed by atoms with van der Waals surface area (Å²) < 4.78 is 6.81. The summed E-state index contributed by atoms with van der Waals surface area (Å²) in [5.74, 6) is 0. The van der Waals surface area contributed by atoms with Crippen molar-refractivity contribution in [1.29, 1.82) is 0 Å². The first-order valence-corrected chi connectivity index (χ1v) is 6.82. The first kappa shape index (κ1) is 12.1. The molecule has 1 aliphatic rings. The zero-order valence-corrected chi connectivity index (χ0v) is 11.8. The van der Waals surface area contributed by atoms with Crippen molar-refractivity contribution in [2.24, 2.45) is 0 Å². The lowest BCUT2D eigenvalue weighted by molar-refractivity contribution is 0.359. The summed E-state index contributed by atoms with van der Waals surface area (Å²) in [5.41, 5.74) is 4.14. The first-order valence-electron chi connectivity index (χ1n) is 6.03. The van der Waals surface area contributed by atoms with Crippen LogP contribution in [0.15, 0.2) is 16.6 Å². The van der Waals surface area contributed by atoms with Crippen LogP contribution < -0.4 is 0 Å². The van der Waals surface area contributed by atoms with Crippen molar-refractivity contribution in [3.63, 3.8) is 0 Å². The van der Waals surface area contributed by atoms with E-state index in [0.29, 0.717) is 12.2 Å². The molecular formula is C14H19BrO. The summed E-state index contributed by atoms with van der Waals surface area (Å²) in [4.78, 5) is 0. The lowest BCUT2D eigenvalue weighted by Gasteiger charge is -2.07. The molecule has 0 N–H and O–H groups in total. The third-order valence-corrected chi connectivity index (χ3v) is 4.19. The first-order chi connectivity index (χ1) is 7.61. The fourth-order valence-corrected chi connectivity index (χ4v) is 2.78. The normalized spacial score (nSPS) is 23.5. The van der Waals surface area contributed by atoms with E-state index in [-0.39, 0.29) is 0 Å². The minimum absolute atomic E-state index is 0.513. The number of benzene rings is 1. The van der Waals surface area contributed by atoms with E-state index in [4.69, 9.17) is 4.74 Å². The highest BCUT2D eigenvalue weighted by Crippen LogP contribution is 2.31. The molecule has 2 atom stereocenters. The minimum atomic E-state index is 0.513. The molecule has 0 amide bonds. The summed E-state index contributed by atoms with van der Waals surface area (Å²) in [6.07, 6.45) is 4.46. The van der Waals surface area contributed by atoms with Crippen LogP contribution in [0.4, 0.5) is 0 Å². The third-order valence-electron chi connectivity index (χ3n) is 3.45. The molecule has 88 valence electrons. The fourth-order valence-electron chi connectivity index (χ4n) is 2.12. The Morgan fingerprint density at radius 3 is 2.50 bits per heavy atom. The number of rotatable bonds is 4. The van der Waals surface area contributed by atoms with E-state index in [1.807, 2.05) is 0 Å². The molecule has 2 unspecified atom stereocenters. The molecular weight excluding hydrogens is 264 g/mol. The van der Waals surface area contributed by atoms with Gasteiger partial charge in [-0.15, -0.1) is 0 Å². The second kappa shape index (κ2) is 4.89. The van der Waals surface area contributed by atoms with Crippen LogP contribution in [0.25, 0.3) is 0 Å². The van der Waals surface area contributed by atoms with Gasteiger partial charge in [-0.3, -0.25) is 0 Å². The topological polar surface area (TPSA) is 12.5 Å². The zero-order valence-electron chi connectivity index (χ0n) is 10.2. The average molecular weight is 283 g/mol. The van der Waals surface area contributed by atoms with Gasteiger partial charge in [0.05, 0.1) is 12.2 Å². The van der Waals surface area contributed by atoms with Gasteiger partial charge < -0.3 is 4.74 Å². The Morgan fingerprint density at radius 2 is 1.88 bits per heavy atom. The van der Waals surface area contributed by atoms with Crippen LogP contribution in [0.5, 0.6) is 0 Å². The van der Waals surface area contributed by atoms with Gasteiger partial charge in [-0.2, -0.15) is 0 Å². The van der Waals surface area contributed by atoms with Gasteiger partial charge in [0.1, 0.15) is 0 Å². The zero-order chi connectivity index (χ0) is 11.7. The van der Waals surface area contributed by atoms with Crippen LogP contribution in [0.2, 0.25) is 0 Å². The van der Waals surface area contributed by atoms with Gasteiger partial charge in [0.25, 0.3) is 0 Å². The van der Waals surface area contributed by atoms with Crippen molar-refractivity contribution < 1.29 is 4.74 Å². The predicted molar refractivity (Wildman–Crippen MR) is 70.9 cm³/mol. The van der Waals surface area contributed by atoms with E-state index in [1.165, 1.54) is 21.2 Å². The predicted octanol–water partition coefficient (Wildman–Crippen LogP) is 4.18. The largest absolute Gasteiger partial charge is 0.370 e. The van der Waals surface area contributed by atoms with E-state index < -0.39 is 0 Å². The Labute approximate surface area is 106 Å². The average Bonchev–Trinajstić information content (AvgIpc) is 3.00. The van der Waals surface area contributed by atoms with Gasteiger partial charge in [-0.1, -0.05) is 28.9 Å². The molecule has 1 nitrogen and oxygen atoms in total. The maximum atomic E-state index is 5.57. The van der Waals surface area contributed by atoms with Crippen LogP contribution in [-0.2, 0) is 11.2 Å². The number of ether oxygens (including phenoxy) is 1. The van der Waals surface area contributed by atoms with Gasteiger partial charge in [-0.05, 0) is 55.9 Å². The molecule has 2 rings (SSSR count). The van der Waals surface area contributed by atoms with E-state index in [1.54, 1.807) is 0 Å². The number of halogens is 1. The highest BCUT2D eigenvalue weighted by molar-refractivity contribution is 9.10. The molecule has 0 spiro atoms. The molecule has 1 aliphatic heterocycles. The summed E-state index contributed by atoms with van der Waals surface area (Å²) in [5, 5.41) is 0. The van der Waals surface area contributed by atoms with Crippen molar-refractivity contribution in [2.75, 3.05) is 0 Å². The summed E-state index contributed by atoms with van der Waals surface area (Å²) >= 11 is 3.64. The Kier molecular flexibility index (Phi) is 3.70. The monoisotopic (exact) mass is 282 g/mol. The van der Waals surface area contributed by atoms with Gasteiger partial charge >= 0.3 is 0 Å². The van der Waals surface area contributed by atoms with Crippen molar-refractivity contribution in [3.8, 4) is 0 Å². The number of epoxide rings is 1. The maximum absolute atomic E-state index is 5.57. The lowest BCUT2D eigenvalue weighted by Crippen LogP contribution is -1.97. The Hall–Kier alpha value is -0.340. The van der Waals surface area contributed by atoms with E-state index in [0.717, 1.165) is 19.3 Å². The van der Waals surface area contributed by atoms with Crippen LogP contribution in [-0.4, -0.2) is 12.2 Å². The molecule has 0 bridgehead atoms. The molecule has 0 aliphatic carbocycles. The smallest absolute Gasteiger partial charge is 0.0845 e. The standard InChI is InChI=1S/C14H19BrO/c1-4-13-14(16-13)6-5-11-7-9(2)10(3)8-12(11)15/h7-8,13-14H,4-6H2,1-3H3. The van der Waals surface area contributed by atoms with Crippen LogP contribution in [0.1, 0.15) is 36.5 Å². The van der Waals surface area contributed by atoms with Gasteiger partial charge in [0, 0.05) is 4.47 Å². The Balaban J connectivity index is 1.97. The number of hydrogen-bond donors (Lipinski definition) is 0. The van der Waals surface area contributed by atoms with Crippen LogP contribution in [0.3, 0.4) is 0 Å². The van der Waals surface area contributed by atoms with Crippen LogP contribution in [0, 0.1) is 13.8 Å². The second-order valence-electron chi connectivity index (χ2n) is 4.69. The minimum Gasteiger partial charge on any atom is -0.370 e. The highest BCUT2D eigenvalue weighted by Gasteiger charge is 2.36. The lowest BCUT2D eigenvalue weighted by atomic mass is 10.0. The van der Waals surface area contributed by atoms with Gasteiger partial charge in [0.15, 0.2) is 0 Å². The van der Waals surface area contributed by atoms with E-state index in [2.05, 4.69) is 48.8 Å². The number of hydrogen-bond acceptors (Lipinski definition) is 1. The van der Waals surface area contributed by atoms with Gasteiger partial charge in [-0.25, -0.2) is 0 Å². The van der Waals surface area contributed by atoms with E-state index >= 15 is 0 Å². The summed E-state index contributed by atoms with van der Waals surface area (Å²) in [6, 6.07) is 4.51. The Bertz CT molecular complexity index is 387. The fraction of sp³-hybridized carbons (Fsp3) is 0.571. The highest BCUT2D eigenvalue weighted by atomic mass is 79.9. The molecule has 1 heterocycles. The van der Waals surface area contributed by atoms with Crippen molar-refractivity contribution in [3.05, 3.63) is 33.3 Å². The summed E-state index contributed by atoms with van der Waals surface area (Å²) in [7, 11) is 0. The molecule has 16 heavy (non-hydrogen) atoms. The Morgan fingerprint density at radius 1 is 1.19 bits per heavy atom. The molecule has 2 heteroatoms. The van der Waals surface area contributed by atoms with Crippen molar-refractivity contribution >= 4 is 15.9 Å². The maximum Gasteiger partial charge on any atom is 0.0845 e. The summed E-state index contributed by atoms with van der Waals surface area (Å²) in [6.45, 7) is 6.52. The van der Waals surface area contributed by atoms with Crippen LogP contribution >= 0.6 is 15.9 Å². The molecule has 1 fully saturated rings. The quantitative estimate of drug-likeness (QED) is 0.755. The number of aryl methyl sites for hydroxylation is 3.